The van der Waals surface area contributed by atoms with Gasteiger partial charge >= 0.3 is 12.0 Å². The van der Waals surface area contributed by atoms with E-state index in [1.807, 2.05) is 0 Å². The lowest BCUT2D eigenvalue weighted by Crippen LogP contribution is -2.40. The van der Waals surface area contributed by atoms with E-state index in [1.54, 1.807) is 4.90 Å². The Morgan fingerprint density at radius 2 is 1.95 bits per heavy atom. The van der Waals surface area contributed by atoms with Crippen LogP contribution in [0.15, 0.2) is 18.2 Å². The number of carbonyl (C=O) groups excluding carboxylic acids is 1. The summed E-state index contributed by atoms with van der Waals surface area (Å²) in [5.41, 5.74) is 0.200. The van der Waals surface area contributed by atoms with Crippen LogP contribution in [0.25, 0.3) is 0 Å². The highest BCUT2D eigenvalue weighted by Crippen LogP contribution is 2.25. The number of phenols is 1. The van der Waals surface area contributed by atoms with Crippen molar-refractivity contribution < 1.29 is 19.8 Å². The summed E-state index contributed by atoms with van der Waals surface area (Å²) in [6.07, 6.45) is 1.94. The molecule has 1 aliphatic rings. The quantitative estimate of drug-likeness (QED) is 0.724. The van der Waals surface area contributed by atoms with Crippen molar-refractivity contribution in [3.05, 3.63) is 23.8 Å². The molecular weight excluding hydrogens is 260 g/mol. The molecular formula is C14H18N2O4. The van der Waals surface area contributed by atoms with E-state index < -0.39 is 5.97 Å². The Bertz CT molecular complexity index is 522. The minimum absolute atomic E-state index is 0.0210. The lowest BCUT2D eigenvalue weighted by atomic mass is 10.00. The number of phenolic OH excluding ortho intramolecular Hbond substituents is 1. The number of anilines is 1. The van der Waals surface area contributed by atoms with E-state index in [4.69, 9.17) is 5.11 Å². The van der Waals surface area contributed by atoms with Gasteiger partial charge in [0, 0.05) is 13.1 Å². The van der Waals surface area contributed by atoms with Gasteiger partial charge in [-0.25, -0.2) is 9.59 Å². The van der Waals surface area contributed by atoms with Gasteiger partial charge in [0.2, 0.25) is 0 Å². The fourth-order valence-electron chi connectivity index (χ4n) is 2.18. The van der Waals surface area contributed by atoms with Crippen LogP contribution in [0, 0.1) is 5.92 Å². The standard InChI is InChI=1S/C14H18N2O4/c1-9-4-6-16(7-5-9)14(20)15-11-3-2-10(13(18)19)8-12(11)17/h2-3,8-9,17H,4-7H2,1H3,(H,15,20)(H,18,19). The maximum absolute atomic E-state index is 12.0. The molecule has 1 aromatic carbocycles. The Balaban J connectivity index is 2.02. The molecule has 2 amide bonds. The van der Waals surface area contributed by atoms with Crippen LogP contribution >= 0.6 is 0 Å². The minimum atomic E-state index is -1.12. The van der Waals surface area contributed by atoms with Gasteiger partial charge in [0.25, 0.3) is 0 Å². The Kier molecular flexibility index (Phi) is 4.12. The number of carboxylic acid groups (broad SMARTS) is 1. The molecule has 1 aliphatic heterocycles. The average molecular weight is 278 g/mol. The minimum Gasteiger partial charge on any atom is -0.506 e. The highest BCUT2D eigenvalue weighted by molar-refractivity contribution is 5.93. The monoisotopic (exact) mass is 278 g/mol. The summed E-state index contributed by atoms with van der Waals surface area (Å²) in [7, 11) is 0. The zero-order valence-corrected chi connectivity index (χ0v) is 11.3. The highest BCUT2D eigenvalue weighted by atomic mass is 16.4. The summed E-state index contributed by atoms with van der Waals surface area (Å²) in [6, 6.07) is 3.59. The highest BCUT2D eigenvalue weighted by Gasteiger charge is 2.21. The molecule has 6 nitrogen and oxygen atoms in total. The maximum Gasteiger partial charge on any atom is 0.335 e. The van der Waals surface area contributed by atoms with Gasteiger partial charge in [-0.3, -0.25) is 0 Å². The summed E-state index contributed by atoms with van der Waals surface area (Å²) in [4.78, 5) is 24.5. The number of nitrogens with one attached hydrogen (secondary N) is 1. The lowest BCUT2D eigenvalue weighted by Gasteiger charge is -2.30. The molecule has 0 saturated carbocycles. The van der Waals surface area contributed by atoms with E-state index >= 15 is 0 Å². The number of benzene rings is 1. The first-order valence-corrected chi connectivity index (χ1v) is 6.59. The molecule has 1 saturated heterocycles. The van der Waals surface area contributed by atoms with Gasteiger partial charge in [-0.1, -0.05) is 6.92 Å². The second-order valence-corrected chi connectivity index (χ2v) is 5.14. The van der Waals surface area contributed by atoms with E-state index in [0.717, 1.165) is 18.9 Å². The number of amides is 2. The van der Waals surface area contributed by atoms with Crippen molar-refractivity contribution in [2.24, 2.45) is 5.92 Å². The summed E-state index contributed by atoms with van der Waals surface area (Å²) in [5.74, 6) is -0.742. The number of rotatable bonds is 2. The van der Waals surface area contributed by atoms with Gasteiger partial charge < -0.3 is 20.4 Å². The number of aromatic carboxylic acids is 1. The number of carboxylic acids is 1. The Hall–Kier alpha value is -2.24. The first kappa shape index (κ1) is 14.2. The molecule has 0 bridgehead atoms. The van der Waals surface area contributed by atoms with Crippen LogP contribution < -0.4 is 5.32 Å². The van der Waals surface area contributed by atoms with Crippen LogP contribution in [0.2, 0.25) is 0 Å². The number of hydrogen-bond acceptors (Lipinski definition) is 3. The van der Waals surface area contributed by atoms with Crippen molar-refractivity contribution in [1.82, 2.24) is 4.90 Å². The van der Waals surface area contributed by atoms with Gasteiger partial charge in [-0.05, 0) is 37.0 Å². The average Bonchev–Trinajstić information content (AvgIpc) is 2.41. The van der Waals surface area contributed by atoms with Crippen molar-refractivity contribution in [2.45, 2.75) is 19.8 Å². The van der Waals surface area contributed by atoms with Crippen LogP contribution in [-0.2, 0) is 0 Å². The van der Waals surface area contributed by atoms with E-state index in [2.05, 4.69) is 12.2 Å². The van der Waals surface area contributed by atoms with E-state index in [9.17, 15) is 14.7 Å². The second kappa shape index (κ2) is 5.81. The van der Waals surface area contributed by atoms with E-state index in [1.165, 1.54) is 12.1 Å². The number of likely N-dealkylation sites (tertiary alicyclic amines) is 1. The number of piperidine rings is 1. The van der Waals surface area contributed by atoms with Crippen molar-refractivity contribution >= 4 is 17.7 Å². The molecule has 6 heteroatoms. The molecule has 3 N–H and O–H groups in total. The maximum atomic E-state index is 12.0. The summed E-state index contributed by atoms with van der Waals surface area (Å²) in [5, 5.41) is 21.1. The van der Waals surface area contributed by atoms with Gasteiger partial charge in [-0.15, -0.1) is 0 Å². The Morgan fingerprint density at radius 3 is 2.50 bits per heavy atom. The van der Waals surface area contributed by atoms with Crippen molar-refractivity contribution in [3.63, 3.8) is 0 Å². The third kappa shape index (κ3) is 3.20. The fourth-order valence-corrected chi connectivity index (χ4v) is 2.18. The molecule has 0 aliphatic carbocycles. The predicted molar refractivity (Wildman–Crippen MR) is 74.1 cm³/mol. The first-order chi connectivity index (χ1) is 9.47. The molecule has 0 atom stereocenters. The van der Waals surface area contributed by atoms with Gasteiger partial charge in [0.1, 0.15) is 5.75 Å². The zero-order chi connectivity index (χ0) is 14.7. The van der Waals surface area contributed by atoms with Crippen LogP contribution in [0.3, 0.4) is 0 Å². The Labute approximate surface area is 117 Å². The molecule has 1 heterocycles. The first-order valence-electron chi connectivity index (χ1n) is 6.59. The third-order valence-corrected chi connectivity index (χ3v) is 3.56. The number of carbonyl (C=O) groups is 2. The number of aromatic hydroxyl groups is 1. The van der Waals surface area contributed by atoms with E-state index in [-0.39, 0.29) is 23.0 Å². The lowest BCUT2D eigenvalue weighted by molar-refractivity contribution is 0.0696. The molecule has 0 aromatic heterocycles. The van der Waals surface area contributed by atoms with Crippen LogP contribution in [0.5, 0.6) is 5.75 Å². The third-order valence-electron chi connectivity index (χ3n) is 3.56. The van der Waals surface area contributed by atoms with E-state index in [0.29, 0.717) is 19.0 Å². The van der Waals surface area contributed by atoms with Crippen LogP contribution in [-0.4, -0.2) is 40.2 Å². The zero-order valence-electron chi connectivity index (χ0n) is 11.3. The van der Waals surface area contributed by atoms with Crippen molar-refractivity contribution in [2.75, 3.05) is 18.4 Å². The molecule has 20 heavy (non-hydrogen) atoms. The molecule has 108 valence electrons. The van der Waals surface area contributed by atoms with Gasteiger partial charge in [0.05, 0.1) is 11.3 Å². The Morgan fingerprint density at radius 1 is 1.30 bits per heavy atom. The number of hydrogen-bond donors (Lipinski definition) is 3. The molecule has 0 unspecified atom stereocenters. The molecule has 2 rings (SSSR count). The molecule has 1 fully saturated rings. The molecule has 0 spiro atoms. The molecule has 0 radical (unpaired) electrons. The summed E-state index contributed by atoms with van der Waals surface area (Å²) in [6.45, 7) is 3.55. The summed E-state index contributed by atoms with van der Waals surface area (Å²) < 4.78 is 0. The topological polar surface area (TPSA) is 89.9 Å². The van der Waals surface area contributed by atoms with Gasteiger partial charge in [-0.2, -0.15) is 0 Å². The second-order valence-electron chi connectivity index (χ2n) is 5.14. The van der Waals surface area contributed by atoms with Gasteiger partial charge in [0.15, 0.2) is 0 Å². The normalized spacial score (nSPS) is 15.9. The summed E-state index contributed by atoms with van der Waals surface area (Å²) >= 11 is 0. The number of urea groups is 1. The SMILES string of the molecule is CC1CCN(C(=O)Nc2ccc(C(=O)O)cc2O)CC1. The van der Waals surface area contributed by atoms with Crippen molar-refractivity contribution in [1.29, 1.82) is 0 Å². The predicted octanol–water partition coefficient (Wildman–Crippen LogP) is 2.35. The largest absolute Gasteiger partial charge is 0.506 e. The molecule has 1 aromatic rings. The number of nitrogens with zero attached hydrogens (tertiary/aromatic N) is 1. The van der Waals surface area contributed by atoms with Crippen LogP contribution in [0.4, 0.5) is 10.5 Å². The smallest absolute Gasteiger partial charge is 0.335 e. The fraction of sp³-hybridized carbons (Fsp3) is 0.429. The van der Waals surface area contributed by atoms with Crippen LogP contribution in [0.1, 0.15) is 30.1 Å². The van der Waals surface area contributed by atoms with Crippen molar-refractivity contribution in [3.8, 4) is 5.75 Å².